The molecule has 0 bridgehead atoms. The quantitative estimate of drug-likeness (QED) is 0.856. The number of thiophene rings is 1. The Balaban J connectivity index is 2.31. The summed E-state index contributed by atoms with van der Waals surface area (Å²) in [6, 6.07) is 10.5. The highest BCUT2D eigenvalue weighted by molar-refractivity contribution is 7.16. The van der Waals surface area contributed by atoms with Gasteiger partial charge >= 0.3 is 0 Å². The number of aryl methyl sites for hydroxylation is 1. The lowest BCUT2D eigenvalue weighted by molar-refractivity contribution is 0.242. The average molecular weight is 310 g/mol. The maximum absolute atomic E-state index is 6.18. The second kappa shape index (κ2) is 6.61. The van der Waals surface area contributed by atoms with Crippen LogP contribution in [0.5, 0.6) is 5.75 Å². The lowest BCUT2D eigenvalue weighted by Crippen LogP contribution is -2.16. The summed E-state index contributed by atoms with van der Waals surface area (Å²) in [6.45, 7) is 6.10. The Morgan fingerprint density at radius 3 is 2.55 bits per heavy atom. The third kappa shape index (κ3) is 3.54. The number of ether oxygens (including phenoxy) is 1. The molecular formula is C16H20ClNOS. The van der Waals surface area contributed by atoms with Gasteiger partial charge in [0, 0.05) is 4.88 Å². The minimum atomic E-state index is 0.141. The van der Waals surface area contributed by atoms with E-state index in [1.165, 1.54) is 10.4 Å². The standard InChI is InChI=1S/C16H20ClNOS/c1-10(2)19-13-7-5-6-12(9-13)15(18-4)14-8-11(3)16(17)20-14/h5-10,15,18H,1-4H3. The first-order valence-electron chi connectivity index (χ1n) is 6.71. The highest BCUT2D eigenvalue weighted by Gasteiger charge is 2.16. The fraction of sp³-hybridized carbons (Fsp3) is 0.375. The maximum Gasteiger partial charge on any atom is 0.120 e. The highest BCUT2D eigenvalue weighted by Crippen LogP contribution is 2.34. The van der Waals surface area contributed by atoms with Crippen LogP contribution in [0.4, 0.5) is 0 Å². The molecule has 0 saturated carbocycles. The first-order chi connectivity index (χ1) is 9.51. The molecule has 1 aromatic carbocycles. The van der Waals surface area contributed by atoms with Gasteiger partial charge in [-0.05, 0) is 57.1 Å². The van der Waals surface area contributed by atoms with Crippen molar-refractivity contribution in [3.63, 3.8) is 0 Å². The zero-order chi connectivity index (χ0) is 14.7. The van der Waals surface area contributed by atoms with E-state index in [1.807, 2.05) is 40.0 Å². The fourth-order valence-electron chi connectivity index (χ4n) is 2.14. The lowest BCUT2D eigenvalue weighted by atomic mass is 10.0. The Labute approximate surface area is 129 Å². The van der Waals surface area contributed by atoms with Gasteiger partial charge in [0.05, 0.1) is 16.5 Å². The van der Waals surface area contributed by atoms with E-state index in [0.29, 0.717) is 0 Å². The molecule has 20 heavy (non-hydrogen) atoms. The predicted octanol–water partition coefficient (Wildman–Crippen LogP) is 4.81. The van der Waals surface area contributed by atoms with Crippen molar-refractivity contribution in [2.24, 2.45) is 0 Å². The summed E-state index contributed by atoms with van der Waals surface area (Å²) in [5, 5.41) is 3.35. The van der Waals surface area contributed by atoms with Crippen molar-refractivity contribution < 1.29 is 4.74 Å². The van der Waals surface area contributed by atoms with E-state index in [-0.39, 0.29) is 12.1 Å². The Morgan fingerprint density at radius 1 is 1.25 bits per heavy atom. The molecule has 1 heterocycles. The summed E-state index contributed by atoms with van der Waals surface area (Å²) in [4.78, 5) is 1.22. The van der Waals surface area contributed by atoms with E-state index in [1.54, 1.807) is 11.3 Å². The van der Waals surface area contributed by atoms with Gasteiger partial charge in [0.25, 0.3) is 0 Å². The minimum absolute atomic E-state index is 0.141. The molecule has 0 fully saturated rings. The zero-order valence-corrected chi connectivity index (χ0v) is 13.8. The molecule has 0 aliphatic rings. The number of halogens is 1. The summed E-state index contributed by atoms with van der Waals surface area (Å²) in [5.74, 6) is 0.900. The third-order valence-corrected chi connectivity index (χ3v) is 4.63. The predicted molar refractivity (Wildman–Crippen MR) is 87.2 cm³/mol. The van der Waals surface area contributed by atoms with Crippen LogP contribution in [-0.4, -0.2) is 13.2 Å². The summed E-state index contributed by atoms with van der Waals surface area (Å²) in [5.41, 5.74) is 2.31. The molecule has 2 rings (SSSR count). The Morgan fingerprint density at radius 2 is 2.00 bits per heavy atom. The van der Waals surface area contributed by atoms with Crippen LogP contribution in [0.15, 0.2) is 30.3 Å². The van der Waals surface area contributed by atoms with Crippen LogP contribution < -0.4 is 10.1 Å². The van der Waals surface area contributed by atoms with Crippen LogP contribution in [-0.2, 0) is 0 Å². The van der Waals surface area contributed by atoms with Gasteiger partial charge in [-0.25, -0.2) is 0 Å². The smallest absolute Gasteiger partial charge is 0.120 e. The molecular weight excluding hydrogens is 290 g/mol. The van der Waals surface area contributed by atoms with Gasteiger partial charge < -0.3 is 10.1 Å². The van der Waals surface area contributed by atoms with Crippen LogP contribution in [0, 0.1) is 6.92 Å². The van der Waals surface area contributed by atoms with Crippen molar-refractivity contribution >= 4 is 22.9 Å². The monoisotopic (exact) mass is 309 g/mol. The molecule has 1 aromatic heterocycles. The Bertz CT molecular complexity index is 560. The van der Waals surface area contributed by atoms with Crippen LogP contribution in [0.1, 0.15) is 35.9 Å². The molecule has 0 radical (unpaired) electrons. The second-order valence-electron chi connectivity index (χ2n) is 5.07. The van der Waals surface area contributed by atoms with Crippen LogP contribution in [0.3, 0.4) is 0 Å². The molecule has 4 heteroatoms. The normalized spacial score (nSPS) is 12.7. The first-order valence-corrected chi connectivity index (χ1v) is 7.90. The van der Waals surface area contributed by atoms with E-state index < -0.39 is 0 Å². The van der Waals surface area contributed by atoms with Gasteiger partial charge in [-0.2, -0.15) is 0 Å². The zero-order valence-electron chi connectivity index (χ0n) is 12.2. The number of benzene rings is 1. The summed E-state index contributed by atoms with van der Waals surface area (Å²) >= 11 is 7.81. The fourth-order valence-corrected chi connectivity index (χ4v) is 3.49. The van der Waals surface area contributed by atoms with E-state index in [2.05, 4.69) is 23.5 Å². The number of hydrogen-bond donors (Lipinski definition) is 1. The molecule has 1 unspecified atom stereocenters. The number of nitrogens with one attached hydrogen (secondary N) is 1. The molecule has 0 spiro atoms. The molecule has 108 valence electrons. The first kappa shape index (κ1) is 15.4. The summed E-state index contributed by atoms with van der Waals surface area (Å²) < 4.78 is 6.62. The largest absolute Gasteiger partial charge is 0.491 e. The van der Waals surface area contributed by atoms with Gasteiger partial charge in [0.2, 0.25) is 0 Å². The van der Waals surface area contributed by atoms with Crippen LogP contribution in [0.2, 0.25) is 4.34 Å². The van der Waals surface area contributed by atoms with Crippen molar-refractivity contribution in [1.29, 1.82) is 0 Å². The second-order valence-corrected chi connectivity index (χ2v) is 6.75. The van der Waals surface area contributed by atoms with E-state index >= 15 is 0 Å². The SMILES string of the molecule is CNC(c1cccc(OC(C)C)c1)c1cc(C)c(Cl)s1. The van der Waals surface area contributed by atoms with Gasteiger partial charge in [0.15, 0.2) is 0 Å². The van der Waals surface area contributed by atoms with Gasteiger partial charge in [-0.3, -0.25) is 0 Å². The van der Waals surface area contributed by atoms with Crippen molar-refractivity contribution in [3.8, 4) is 5.75 Å². The van der Waals surface area contributed by atoms with Crippen LogP contribution in [0.25, 0.3) is 0 Å². The van der Waals surface area contributed by atoms with Crippen molar-refractivity contribution in [2.45, 2.75) is 32.9 Å². The van der Waals surface area contributed by atoms with Crippen LogP contribution >= 0.6 is 22.9 Å². The summed E-state index contributed by atoms with van der Waals surface area (Å²) in [6.07, 6.45) is 0.178. The highest BCUT2D eigenvalue weighted by atomic mass is 35.5. The molecule has 0 aliphatic carbocycles. The molecule has 0 aliphatic heterocycles. The topological polar surface area (TPSA) is 21.3 Å². The lowest BCUT2D eigenvalue weighted by Gasteiger charge is -2.17. The molecule has 1 atom stereocenters. The van der Waals surface area contributed by atoms with E-state index in [0.717, 1.165) is 15.6 Å². The molecule has 2 aromatic rings. The maximum atomic E-state index is 6.18. The molecule has 1 N–H and O–H groups in total. The molecule has 0 amide bonds. The Hall–Kier alpha value is -1.03. The van der Waals surface area contributed by atoms with Crippen molar-refractivity contribution in [3.05, 3.63) is 50.7 Å². The van der Waals surface area contributed by atoms with E-state index in [4.69, 9.17) is 16.3 Å². The molecule has 2 nitrogen and oxygen atoms in total. The van der Waals surface area contributed by atoms with Gasteiger partial charge in [0.1, 0.15) is 5.75 Å². The number of rotatable bonds is 5. The number of hydrogen-bond acceptors (Lipinski definition) is 3. The van der Waals surface area contributed by atoms with E-state index in [9.17, 15) is 0 Å². The van der Waals surface area contributed by atoms with Gasteiger partial charge in [-0.1, -0.05) is 23.7 Å². The summed E-state index contributed by atoms with van der Waals surface area (Å²) in [7, 11) is 1.96. The Kier molecular flexibility index (Phi) is 5.08. The van der Waals surface area contributed by atoms with Crippen molar-refractivity contribution in [1.82, 2.24) is 5.32 Å². The third-order valence-electron chi connectivity index (χ3n) is 3.01. The average Bonchev–Trinajstić information content (AvgIpc) is 2.70. The van der Waals surface area contributed by atoms with Crippen molar-refractivity contribution in [2.75, 3.05) is 7.05 Å². The van der Waals surface area contributed by atoms with Gasteiger partial charge in [-0.15, -0.1) is 11.3 Å². The minimum Gasteiger partial charge on any atom is -0.491 e. The molecule has 0 saturated heterocycles.